The molecule has 0 amide bonds. The third-order valence-corrected chi connectivity index (χ3v) is 4.62. The minimum atomic E-state index is -0.265. The van der Waals surface area contributed by atoms with Crippen molar-refractivity contribution in [3.05, 3.63) is 11.9 Å². The number of hydrazine groups is 1. The molecule has 21 heavy (non-hydrogen) atoms. The van der Waals surface area contributed by atoms with E-state index in [2.05, 4.69) is 27.6 Å². The largest absolute Gasteiger partial charge is 0.394 e. The Balaban J connectivity index is 1.83. The van der Waals surface area contributed by atoms with Gasteiger partial charge in [0.25, 0.3) is 0 Å². The average Bonchev–Trinajstić information content (AvgIpc) is 3.31. The van der Waals surface area contributed by atoms with Crippen LogP contribution in [0.5, 0.6) is 0 Å². The molecule has 5 N–H and O–H groups in total. The smallest absolute Gasteiger partial charge is 0.145 e. The van der Waals surface area contributed by atoms with Gasteiger partial charge in [0.1, 0.15) is 17.5 Å². The molecule has 1 aromatic rings. The summed E-state index contributed by atoms with van der Waals surface area (Å²) in [7, 11) is 0. The first-order valence-electron chi connectivity index (χ1n) is 7.89. The molecule has 6 heteroatoms. The van der Waals surface area contributed by atoms with Crippen LogP contribution in [-0.4, -0.2) is 27.2 Å². The number of nitrogen functional groups attached to an aromatic ring is 1. The second-order valence-corrected chi connectivity index (χ2v) is 6.68. The van der Waals surface area contributed by atoms with E-state index in [1.54, 1.807) is 0 Å². The number of hydrogen-bond donors (Lipinski definition) is 4. The number of anilines is 2. The van der Waals surface area contributed by atoms with Crippen molar-refractivity contribution >= 4 is 11.6 Å². The van der Waals surface area contributed by atoms with E-state index in [9.17, 15) is 5.11 Å². The number of hydrogen-bond acceptors (Lipinski definition) is 6. The van der Waals surface area contributed by atoms with Crippen LogP contribution in [0.15, 0.2) is 6.07 Å². The third kappa shape index (κ3) is 3.27. The fraction of sp³-hybridized carbons (Fsp3) is 0.733. The Morgan fingerprint density at radius 3 is 2.71 bits per heavy atom. The van der Waals surface area contributed by atoms with Gasteiger partial charge in [-0.05, 0) is 31.6 Å². The van der Waals surface area contributed by atoms with Gasteiger partial charge >= 0.3 is 0 Å². The molecule has 0 aliphatic heterocycles. The van der Waals surface area contributed by atoms with Gasteiger partial charge in [0.05, 0.1) is 12.1 Å². The Hall–Kier alpha value is -1.40. The molecule has 0 aromatic carbocycles. The summed E-state index contributed by atoms with van der Waals surface area (Å²) < 4.78 is 0. The normalized spacial score (nSPS) is 29.2. The van der Waals surface area contributed by atoms with Crippen LogP contribution < -0.4 is 16.6 Å². The summed E-state index contributed by atoms with van der Waals surface area (Å²) in [6.45, 7) is 2.37. The molecule has 1 aromatic heterocycles. The van der Waals surface area contributed by atoms with E-state index in [0.717, 1.165) is 43.7 Å². The van der Waals surface area contributed by atoms with E-state index in [0.29, 0.717) is 17.7 Å². The summed E-state index contributed by atoms with van der Waals surface area (Å²) in [6.07, 6.45) is 6.61. The number of nitrogens with zero attached hydrogens (tertiary/aromatic N) is 2. The van der Waals surface area contributed by atoms with Crippen LogP contribution >= 0.6 is 0 Å². The second kappa shape index (κ2) is 5.77. The Kier molecular flexibility index (Phi) is 3.99. The molecule has 3 rings (SSSR count). The zero-order chi connectivity index (χ0) is 14.9. The molecule has 6 nitrogen and oxygen atoms in total. The summed E-state index contributed by atoms with van der Waals surface area (Å²) in [6, 6.07) is 1.82. The van der Waals surface area contributed by atoms with E-state index in [1.807, 2.05) is 6.07 Å². The summed E-state index contributed by atoms with van der Waals surface area (Å²) in [4.78, 5) is 9.05. The van der Waals surface area contributed by atoms with Crippen LogP contribution in [0, 0.1) is 5.92 Å². The Morgan fingerprint density at radius 1 is 1.33 bits per heavy atom. The van der Waals surface area contributed by atoms with Gasteiger partial charge in [0, 0.05) is 12.0 Å². The predicted octanol–water partition coefficient (Wildman–Crippen LogP) is 1.99. The lowest BCUT2D eigenvalue weighted by Gasteiger charge is -2.39. The molecule has 2 unspecified atom stereocenters. The second-order valence-electron chi connectivity index (χ2n) is 6.68. The van der Waals surface area contributed by atoms with Gasteiger partial charge in [-0.25, -0.2) is 15.8 Å². The van der Waals surface area contributed by atoms with Crippen LogP contribution in [0.4, 0.5) is 11.6 Å². The van der Waals surface area contributed by atoms with Crippen molar-refractivity contribution in [2.75, 3.05) is 17.3 Å². The molecule has 0 spiro atoms. The van der Waals surface area contributed by atoms with Crippen LogP contribution in [0.2, 0.25) is 0 Å². The maximum absolute atomic E-state index is 9.89. The molecular weight excluding hydrogens is 266 g/mol. The molecule has 0 bridgehead atoms. The molecule has 2 aliphatic carbocycles. The minimum absolute atomic E-state index is 0.130. The highest BCUT2D eigenvalue weighted by Crippen LogP contribution is 2.40. The minimum Gasteiger partial charge on any atom is -0.394 e. The van der Waals surface area contributed by atoms with Gasteiger partial charge in [0.2, 0.25) is 0 Å². The Bertz CT molecular complexity index is 505. The zero-order valence-electron chi connectivity index (χ0n) is 12.6. The summed E-state index contributed by atoms with van der Waals surface area (Å²) in [5.41, 5.74) is 2.35. The van der Waals surface area contributed by atoms with Gasteiger partial charge in [0.15, 0.2) is 0 Å². The van der Waals surface area contributed by atoms with Crippen molar-refractivity contribution in [2.24, 2.45) is 11.8 Å². The van der Waals surface area contributed by atoms with E-state index in [4.69, 9.17) is 5.84 Å². The predicted molar refractivity (Wildman–Crippen MR) is 82.9 cm³/mol. The third-order valence-electron chi connectivity index (χ3n) is 4.62. The lowest BCUT2D eigenvalue weighted by Crippen LogP contribution is -2.46. The molecule has 2 saturated carbocycles. The number of nitrogens with two attached hydrogens (primary N) is 1. The summed E-state index contributed by atoms with van der Waals surface area (Å²) in [5, 5.41) is 13.4. The van der Waals surface area contributed by atoms with Gasteiger partial charge in [-0.3, -0.25) is 0 Å². The number of aromatic nitrogens is 2. The fourth-order valence-electron chi connectivity index (χ4n) is 3.36. The Morgan fingerprint density at radius 2 is 2.10 bits per heavy atom. The van der Waals surface area contributed by atoms with E-state index in [1.165, 1.54) is 6.42 Å². The molecule has 2 aliphatic rings. The van der Waals surface area contributed by atoms with Gasteiger partial charge in [-0.1, -0.05) is 19.8 Å². The molecule has 0 radical (unpaired) electrons. The van der Waals surface area contributed by atoms with E-state index in [-0.39, 0.29) is 12.1 Å². The first kappa shape index (κ1) is 14.5. The lowest BCUT2D eigenvalue weighted by atomic mass is 9.77. The summed E-state index contributed by atoms with van der Waals surface area (Å²) >= 11 is 0. The maximum Gasteiger partial charge on any atom is 0.145 e. The van der Waals surface area contributed by atoms with Gasteiger partial charge in [-0.2, -0.15) is 0 Å². The zero-order valence-corrected chi connectivity index (χ0v) is 12.6. The topological polar surface area (TPSA) is 96.1 Å². The fourth-order valence-corrected chi connectivity index (χ4v) is 3.36. The van der Waals surface area contributed by atoms with Crippen LogP contribution in [0.1, 0.15) is 57.2 Å². The van der Waals surface area contributed by atoms with Crippen molar-refractivity contribution < 1.29 is 5.11 Å². The average molecular weight is 291 g/mol. The SMILES string of the molecule is CC1CCCC(CO)(Nc2cc(NN)nc(C3CC3)n2)C1. The van der Waals surface area contributed by atoms with E-state index < -0.39 is 0 Å². The number of rotatable bonds is 5. The van der Waals surface area contributed by atoms with E-state index >= 15 is 0 Å². The van der Waals surface area contributed by atoms with Crippen LogP contribution in [-0.2, 0) is 0 Å². The van der Waals surface area contributed by atoms with Crippen molar-refractivity contribution in [3.8, 4) is 0 Å². The molecule has 2 fully saturated rings. The van der Waals surface area contributed by atoms with Crippen molar-refractivity contribution in [2.45, 2.75) is 56.9 Å². The molecule has 1 heterocycles. The summed E-state index contributed by atoms with van der Waals surface area (Å²) in [5.74, 6) is 8.85. The lowest BCUT2D eigenvalue weighted by molar-refractivity contribution is 0.149. The highest BCUT2D eigenvalue weighted by atomic mass is 16.3. The number of aliphatic hydroxyl groups is 1. The number of nitrogens with one attached hydrogen (secondary N) is 2. The quantitative estimate of drug-likeness (QED) is 0.489. The first-order valence-corrected chi connectivity index (χ1v) is 7.89. The highest BCUT2D eigenvalue weighted by molar-refractivity contribution is 5.49. The molecule has 116 valence electrons. The van der Waals surface area contributed by atoms with Gasteiger partial charge < -0.3 is 15.8 Å². The monoisotopic (exact) mass is 291 g/mol. The van der Waals surface area contributed by atoms with Crippen LogP contribution in [0.3, 0.4) is 0 Å². The molecular formula is C15H25N5O. The van der Waals surface area contributed by atoms with Crippen LogP contribution in [0.25, 0.3) is 0 Å². The molecule has 2 atom stereocenters. The first-order chi connectivity index (χ1) is 10.1. The standard InChI is InChI=1S/C15H25N5O/c1-10-3-2-6-15(8-10,9-21)19-12-7-13(20-16)18-14(17-12)11-4-5-11/h7,10-11,21H,2-6,8-9,16H2,1H3,(H2,17,18,19,20). The van der Waals surface area contributed by atoms with Crippen molar-refractivity contribution in [1.82, 2.24) is 9.97 Å². The maximum atomic E-state index is 9.89. The Labute approximate surface area is 125 Å². The van der Waals surface area contributed by atoms with Crippen molar-refractivity contribution in [3.63, 3.8) is 0 Å². The highest BCUT2D eigenvalue weighted by Gasteiger charge is 2.35. The molecule has 0 saturated heterocycles. The van der Waals surface area contributed by atoms with Gasteiger partial charge in [-0.15, -0.1) is 0 Å². The van der Waals surface area contributed by atoms with Crippen molar-refractivity contribution in [1.29, 1.82) is 0 Å². The number of aliphatic hydroxyl groups excluding tert-OH is 1.